The highest BCUT2D eigenvalue weighted by Gasteiger charge is 2.25. The van der Waals surface area contributed by atoms with Gasteiger partial charge in [-0.05, 0) is 43.9 Å². The first-order chi connectivity index (χ1) is 18.5. The summed E-state index contributed by atoms with van der Waals surface area (Å²) in [5, 5.41) is 42.1. The molecule has 0 fully saturated rings. The smallest absolute Gasteiger partial charge is 0.326 e. The molecule has 5 unspecified atom stereocenters. The lowest BCUT2D eigenvalue weighted by Crippen LogP contribution is -2.50. The summed E-state index contributed by atoms with van der Waals surface area (Å²) in [6.07, 6.45) is 2.68. The molecule has 0 aromatic heterocycles. The maximum Gasteiger partial charge on any atom is 0.326 e. The Morgan fingerprint density at radius 1 is 0.775 bits per heavy atom. The van der Waals surface area contributed by atoms with Gasteiger partial charge in [-0.2, -0.15) is 0 Å². The Kier molecular flexibility index (Phi) is 20.4. The normalized spacial score (nSPS) is 14.3. The minimum atomic E-state index is -1.10. The Bertz CT molecular complexity index is 826. The van der Waals surface area contributed by atoms with Gasteiger partial charge in [0.2, 0.25) is 11.8 Å². The minimum absolute atomic E-state index is 0.0103. The van der Waals surface area contributed by atoms with Gasteiger partial charge in [-0.25, -0.2) is 9.59 Å². The number of amides is 2. The third kappa shape index (κ3) is 19.4. The lowest BCUT2D eigenvalue weighted by atomic mass is 9.99. The summed E-state index contributed by atoms with van der Waals surface area (Å²) in [5.74, 6) is -3.19. The molecule has 0 bridgehead atoms. The number of aliphatic carboxylic acids is 2. The number of hydrogen-bond donors (Lipinski definition) is 12. The van der Waals surface area contributed by atoms with E-state index in [9.17, 15) is 19.2 Å². The molecular formula is C24H50N10O6. The molecule has 40 heavy (non-hydrogen) atoms. The molecule has 16 nitrogen and oxygen atoms in total. The minimum Gasteiger partial charge on any atom is -0.480 e. The zero-order valence-electron chi connectivity index (χ0n) is 24.0. The number of carbonyl (C=O) groups is 4. The lowest BCUT2D eigenvalue weighted by molar-refractivity contribution is -0.142. The van der Waals surface area contributed by atoms with Gasteiger partial charge in [0.25, 0.3) is 0 Å². The van der Waals surface area contributed by atoms with Crippen LogP contribution >= 0.6 is 0 Å². The van der Waals surface area contributed by atoms with Crippen molar-refractivity contribution in [2.24, 2.45) is 34.8 Å². The third-order valence-electron chi connectivity index (χ3n) is 5.82. The molecular weight excluding hydrogens is 524 g/mol. The van der Waals surface area contributed by atoms with Gasteiger partial charge in [-0.3, -0.25) is 20.4 Å². The van der Waals surface area contributed by atoms with Crippen LogP contribution in [0.3, 0.4) is 0 Å². The fourth-order valence-electron chi connectivity index (χ4n) is 3.25. The van der Waals surface area contributed by atoms with Crippen molar-refractivity contribution in [1.29, 1.82) is 10.8 Å². The average Bonchev–Trinajstić information content (AvgIpc) is 2.85. The highest BCUT2D eigenvalue weighted by Crippen LogP contribution is 2.07. The maximum atomic E-state index is 11.8. The molecule has 0 aromatic carbocycles. The van der Waals surface area contributed by atoms with E-state index in [2.05, 4.69) is 21.3 Å². The molecule has 16 N–H and O–H groups in total. The van der Waals surface area contributed by atoms with Crippen LogP contribution in [0.25, 0.3) is 0 Å². The number of hydrogen-bond acceptors (Lipinski definition) is 8. The van der Waals surface area contributed by atoms with E-state index < -0.39 is 47.9 Å². The van der Waals surface area contributed by atoms with Crippen LogP contribution in [-0.4, -0.2) is 83.1 Å². The van der Waals surface area contributed by atoms with Gasteiger partial charge in [0.15, 0.2) is 11.9 Å². The Labute approximate surface area is 235 Å². The molecule has 232 valence electrons. The molecule has 0 aliphatic rings. The number of nitrogens with two attached hydrogens (primary N) is 4. The number of carbonyl (C=O) groups excluding carboxylic acids is 2. The van der Waals surface area contributed by atoms with E-state index in [0.717, 1.165) is 6.42 Å². The Morgan fingerprint density at radius 2 is 1.18 bits per heavy atom. The zero-order valence-corrected chi connectivity index (χ0v) is 24.0. The summed E-state index contributed by atoms with van der Waals surface area (Å²) in [5.41, 5.74) is 21.7. The molecule has 16 heteroatoms. The van der Waals surface area contributed by atoms with Crippen molar-refractivity contribution < 1.29 is 29.4 Å². The molecule has 0 rings (SSSR count). The molecule has 0 radical (unpaired) electrons. The third-order valence-corrected chi connectivity index (χ3v) is 5.82. The molecule has 0 saturated heterocycles. The van der Waals surface area contributed by atoms with Crippen molar-refractivity contribution in [3.63, 3.8) is 0 Å². The summed E-state index contributed by atoms with van der Waals surface area (Å²) >= 11 is 0. The van der Waals surface area contributed by atoms with E-state index >= 15 is 0 Å². The van der Waals surface area contributed by atoms with E-state index in [1.165, 1.54) is 0 Å². The summed E-state index contributed by atoms with van der Waals surface area (Å²) in [7, 11) is 0. The largest absolute Gasteiger partial charge is 0.480 e. The number of nitrogens with one attached hydrogen (secondary N) is 6. The maximum absolute atomic E-state index is 11.8. The van der Waals surface area contributed by atoms with Gasteiger partial charge < -0.3 is 54.4 Å². The van der Waals surface area contributed by atoms with Crippen molar-refractivity contribution in [2.75, 3.05) is 13.1 Å². The molecule has 0 saturated carbocycles. The van der Waals surface area contributed by atoms with Gasteiger partial charge in [0.1, 0.15) is 12.1 Å². The predicted molar refractivity (Wildman–Crippen MR) is 152 cm³/mol. The highest BCUT2D eigenvalue weighted by atomic mass is 16.4. The molecule has 0 aliphatic heterocycles. The second-order valence-corrected chi connectivity index (χ2v) is 9.91. The average molecular weight is 575 g/mol. The number of carboxylic acids is 2. The van der Waals surface area contributed by atoms with Gasteiger partial charge in [0, 0.05) is 13.1 Å². The topological polar surface area (TPSA) is 309 Å². The van der Waals surface area contributed by atoms with E-state index in [4.69, 9.17) is 44.0 Å². The summed E-state index contributed by atoms with van der Waals surface area (Å²) in [6.45, 7) is 8.40. The fourth-order valence-corrected chi connectivity index (χ4v) is 3.25. The lowest BCUT2D eigenvalue weighted by Gasteiger charge is -2.21. The SMILES string of the molecule is CC(C)CC(N)C(=O)NC(CCCNC(=N)N)C(=O)O.CCC(C)C(N)C(=O)NC(CCCNC(=N)N)C(=O)O. The van der Waals surface area contributed by atoms with Crippen molar-refractivity contribution in [1.82, 2.24) is 21.3 Å². The zero-order chi connectivity index (χ0) is 31.4. The van der Waals surface area contributed by atoms with Crippen LogP contribution in [0.15, 0.2) is 0 Å². The van der Waals surface area contributed by atoms with Gasteiger partial charge in [-0.1, -0.05) is 34.1 Å². The summed E-state index contributed by atoms with van der Waals surface area (Å²) in [6, 6.07) is -3.37. The van der Waals surface area contributed by atoms with Crippen LogP contribution in [0.4, 0.5) is 0 Å². The van der Waals surface area contributed by atoms with Crippen LogP contribution in [0.1, 0.15) is 66.2 Å². The van der Waals surface area contributed by atoms with Crippen molar-refractivity contribution in [2.45, 2.75) is 90.4 Å². The van der Waals surface area contributed by atoms with E-state index in [1.54, 1.807) is 0 Å². The predicted octanol–water partition coefficient (Wildman–Crippen LogP) is -1.62. The molecule has 5 atom stereocenters. The van der Waals surface area contributed by atoms with E-state index in [0.29, 0.717) is 32.4 Å². The van der Waals surface area contributed by atoms with Crippen LogP contribution < -0.4 is 44.2 Å². The van der Waals surface area contributed by atoms with Gasteiger partial charge in [-0.15, -0.1) is 0 Å². The van der Waals surface area contributed by atoms with E-state index in [1.807, 2.05) is 27.7 Å². The Morgan fingerprint density at radius 3 is 1.50 bits per heavy atom. The molecule has 0 aromatic rings. The van der Waals surface area contributed by atoms with Crippen molar-refractivity contribution >= 4 is 35.7 Å². The number of carboxylic acid groups (broad SMARTS) is 2. The van der Waals surface area contributed by atoms with Crippen LogP contribution in [0.2, 0.25) is 0 Å². The summed E-state index contributed by atoms with van der Waals surface area (Å²) < 4.78 is 0. The first-order valence-corrected chi connectivity index (χ1v) is 13.3. The van der Waals surface area contributed by atoms with Gasteiger partial charge in [0.05, 0.1) is 12.1 Å². The Balaban J connectivity index is 0. The van der Waals surface area contributed by atoms with Crippen LogP contribution in [0.5, 0.6) is 0 Å². The molecule has 0 aliphatic carbocycles. The Hall–Kier alpha value is -3.66. The van der Waals surface area contributed by atoms with Crippen molar-refractivity contribution in [3.8, 4) is 0 Å². The highest BCUT2D eigenvalue weighted by molar-refractivity contribution is 5.87. The van der Waals surface area contributed by atoms with Crippen LogP contribution in [0, 0.1) is 22.7 Å². The second-order valence-electron chi connectivity index (χ2n) is 9.91. The van der Waals surface area contributed by atoms with Gasteiger partial charge >= 0.3 is 11.9 Å². The molecule has 0 heterocycles. The molecule has 0 spiro atoms. The molecule has 2 amide bonds. The quantitative estimate of drug-likeness (QED) is 0.0499. The first-order valence-electron chi connectivity index (χ1n) is 13.3. The second kappa shape index (κ2) is 21.2. The fraction of sp³-hybridized carbons (Fsp3) is 0.750. The van der Waals surface area contributed by atoms with Crippen molar-refractivity contribution in [3.05, 3.63) is 0 Å². The number of rotatable bonds is 18. The number of guanidine groups is 2. The standard InChI is InChI=1S/2C12H25N5O3/c1-7(2)6-8(13)10(18)17-9(11(19)20)4-3-5-16-12(14)15;1-3-7(2)9(13)10(18)17-8(11(19)20)5-4-6-16-12(14)15/h2*7-9H,3-6,13H2,1-2H3,(H,17,18)(H,19,20)(H4,14,15,16). The monoisotopic (exact) mass is 574 g/mol. The van der Waals surface area contributed by atoms with E-state index in [-0.39, 0.29) is 36.6 Å². The summed E-state index contributed by atoms with van der Waals surface area (Å²) in [4.78, 5) is 45.7. The van der Waals surface area contributed by atoms with Crippen LogP contribution in [-0.2, 0) is 19.2 Å². The first kappa shape index (κ1) is 38.5.